The summed E-state index contributed by atoms with van der Waals surface area (Å²) in [4.78, 5) is 12.7. The second-order valence-electron chi connectivity index (χ2n) is 8.20. The fourth-order valence-electron chi connectivity index (χ4n) is 3.94. The van der Waals surface area contributed by atoms with Gasteiger partial charge in [-0.1, -0.05) is 42.8 Å². The molecule has 4 aromatic carbocycles. The first-order valence-electron chi connectivity index (χ1n) is 11.6. The molecule has 0 aliphatic rings. The van der Waals surface area contributed by atoms with Crippen LogP contribution in [0.5, 0.6) is 11.5 Å². The fourth-order valence-corrected chi connectivity index (χ4v) is 5.31. The molecule has 0 saturated heterocycles. The maximum Gasteiger partial charge on any atom is 0.296 e. The largest absolute Gasteiger partial charge is 0.505 e. The van der Waals surface area contributed by atoms with Crippen molar-refractivity contribution in [1.82, 2.24) is 0 Å². The van der Waals surface area contributed by atoms with Gasteiger partial charge in [0.2, 0.25) is 0 Å². The van der Waals surface area contributed by atoms with Gasteiger partial charge < -0.3 is 15.2 Å². The third-order valence-corrected chi connectivity index (χ3v) is 7.08. The minimum absolute atomic E-state index is 0.0134. The highest BCUT2D eigenvalue weighted by atomic mass is 35.5. The topological polar surface area (TPSA) is 138 Å². The monoisotopic (exact) mass is 553 g/mol. The van der Waals surface area contributed by atoms with E-state index in [1.807, 2.05) is 6.92 Å². The lowest BCUT2D eigenvalue weighted by molar-refractivity contribution is 0.102. The number of azo groups is 1. The highest BCUT2D eigenvalue weighted by Gasteiger charge is 2.21. The van der Waals surface area contributed by atoms with Gasteiger partial charge in [0, 0.05) is 11.1 Å². The van der Waals surface area contributed by atoms with Crippen LogP contribution in [0.1, 0.15) is 29.8 Å². The lowest BCUT2D eigenvalue weighted by atomic mass is 10.0. The van der Waals surface area contributed by atoms with Gasteiger partial charge in [0.05, 0.1) is 22.9 Å². The van der Waals surface area contributed by atoms with Crippen molar-refractivity contribution in [2.75, 3.05) is 11.9 Å². The zero-order valence-corrected chi connectivity index (χ0v) is 22.0. The van der Waals surface area contributed by atoms with Crippen molar-refractivity contribution >= 4 is 55.5 Å². The van der Waals surface area contributed by atoms with E-state index in [1.54, 1.807) is 61.5 Å². The number of phenols is 1. The molecule has 4 rings (SSSR count). The number of carbonyl (C=O) groups is 1. The van der Waals surface area contributed by atoms with Gasteiger partial charge >= 0.3 is 0 Å². The summed E-state index contributed by atoms with van der Waals surface area (Å²) >= 11 is 6.13. The van der Waals surface area contributed by atoms with Gasteiger partial charge in [-0.25, -0.2) is 0 Å². The molecule has 0 fully saturated rings. The summed E-state index contributed by atoms with van der Waals surface area (Å²) in [6.07, 6.45) is 0.258. The highest BCUT2D eigenvalue weighted by Crippen LogP contribution is 2.40. The molecule has 0 heterocycles. The smallest absolute Gasteiger partial charge is 0.296 e. The zero-order chi connectivity index (χ0) is 27.4. The second kappa shape index (κ2) is 11.2. The quantitative estimate of drug-likeness (QED) is 0.157. The molecule has 4 aromatic rings. The Morgan fingerprint density at radius 2 is 1.74 bits per heavy atom. The van der Waals surface area contributed by atoms with E-state index in [2.05, 4.69) is 15.5 Å². The number of nitrogens with one attached hydrogen (secondary N) is 1. The summed E-state index contributed by atoms with van der Waals surface area (Å²) in [7, 11) is -4.54. The highest BCUT2D eigenvalue weighted by molar-refractivity contribution is 7.86. The van der Waals surface area contributed by atoms with Gasteiger partial charge in [0.25, 0.3) is 16.0 Å². The van der Waals surface area contributed by atoms with E-state index in [9.17, 15) is 22.9 Å². The van der Waals surface area contributed by atoms with Gasteiger partial charge in [0.1, 0.15) is 16.3 Å². The Morgan fingerprint density at radius 3 is 2.39 bits per heavy atom. The Morgan fingerprint density at radius 1 is 1.03 bits per heavy atom. The van der Waals surface area contributed by atoms with E-state index in [4.69, 9.17) is 16.3 Å². The van der Waals surface area contributed by atoms with Crippen LogP contribution in [0.15, 0.2) is 81.9 Å². The van der Waals surface area contributed by atoms with Crippen LogP contribution in [0.3, 0.4) is 0 Å². The number of benzene rings is 4. The van der Waals surface area contributed by atoms with Crippen molar-refractivity contribution in [3.05, 3.63) is 82.9 Å². The number of rotatable bonds is 8. The molecule has 11 heteroatoms. The van der Waals surface area contributed by atoms with Gasteiger partial charge in [-0.15, -0.1) is 5.11 Å². The SMILES string of the molecule is CCOc1ccc(NC(=O)c2cc3ccccc3c(N=Nc3cc(Cl)c(S(=O)(=O)O)c(CC)c3)c2O)cc1. The Balaban J connectivity index is 1.74. The molecular weight excluding hydrogens is 530 g/mol. The van der Waals surface area contributed by atoms with Crippen LogP contribution in [0.4, 0.5) is 17.1 Å². The average Bonchev–Trinajstić information content (AvgIpc) is 2.88. The summed E-state index contributed by atoms with van der Waals surface area (Å²) in [5.74, 6) is -0.271. The Kier molecular flexibility index (Phi) is 7.96. The van der Waals surface area contributed by atoms with E-state index in [0.29, 0.717) is 28.8 Å². The molecule has 0 saturated carbocycles. The van der Waals surface area contributed by atoms with Crippen LogP contribution < -0.4 is 10.1 Å². The molecule has 9 nitrogen and oxygen atoms in total. The molecule has 38 heavy (non-hydrogen) atoms. The normalized spacial score (nSPS) is 11.7. The number of aromatic hydroxyl groups is 1. The number of aryl methyl sites for hydroxylation is 1. The number of hydrogen-bond acceptors (Lipinski definition) is 7. The molecule has 0 aliphatic carbocycles. The van der Waals surface area contributed by atoms with Crippen molar-refractivity contribution in [3.8, 4) is 11.5 Å². The molecule has 0 bridgehead atoms. The Bertz CT molecular complexity index is 1650. The van der Waals surface area contributed by atoms with Crippen LogP contribution >= 0.6 is 11.6 Å². The number of ether oxygens (including phenoxy) is 1. The molecule has 1 amide bonds. The number of amides is 1. The van der Waals surface area contributed by atoms with Crippen molar-refractivity contribution in [3.63, 3.8) is 0 Å². The lowest BCUT2D eigenvalue weighted by Gasteiger charge is -2.12. The van der Waals surface area contributed by atoms with Crippen LogP contribution in [-0.4, -0.2) is 30.6 Å². The van der Waals surface area contributed by atoms with E-state index in [-0.39, 0.29) is 44.6 Å². The third-order valence-electron chi connectivity index (χ3n) is 5.67. The Hall–Kier alpha value is -3.99. The van der Waals surface area contributed by atoms with E-state index in [0.717, 1.165) is 0 Å². The summed E-state index contributed by atoms with van der Waals surface area (Å²) in [6, 6.07) is 18.1. The summed E-state index contributed by atoms with van der Waals surface area (Å²) in [6.45, 7) is 4.09. The van der Waals surface area contributed by atoms with Gasteiger partial charge in [0.15, 0.2) is 5.75 Å². The maximum absolute atomic E-state index is 13.1. The molecule has 3 N–H and O–H groups in total. The molecule has 0 aromatic heterocycles. The number of hydrogen-bond donors (Lipinski definition) is 3. The van der Waals surface area contributed by atoms with E-state index >= 15 is 0 Å². The molecule has 0 unspecified atom stereocenters. The number of phenolic OH excluding ortho intramolecular Hbond substituents is 1. The Labute approximate surface area is 224 Å². The first kappa shape index (κ1) is 27.1. The minimum Gasteiger partial charge on any atom is -0.505 e. The van der Waals surface area contributed by atoms with Crippen molar-refractivity contribution in [2.45, 2.75) is 25.2 Å². The van der Waals surface area contributed by atoms with Crippen LogP contribution in [0.2, 0.25) is 5.02 Å². The number of carbonyl (C=O) groups excluding carboxylic acids is 1. The zero-order valence-electron chi connectivity index (χ0n) is 20.5. The van der Waals surface area contributed by atoms with Crippen molar-refractivity contribution in [2.24, 2.45) is 10.2 Å². The number of nitrogens with zero attached hydrogens (tertiary/aromatic N) is 2. The van der Waals surface area contributed by atoms with E-state index < -0.39 is 16.0 Å². The lowest BCUT2D eigenvalue weighted by Crippen LogP contribution is -2.12. The van der Waals surface area contributed by atoms with E-state index in [1.165, 1.54) is 12.1 Å². The molecule has 0 aliphatic heterocycles. The van der Waals surface area contributed by atoms with Crippen LogP contribution in [0.25, 0.3) is 10.8 Å². The molecular formula is C27H24ClN3O6S. The molecule has 0 atom stereocenters. The molecule has 0 radical (unpaired) electrons. The second-order valence-corrected chi connectivity index (χ2v) is 9.96. The standard InChI is InChI=1S/C27H24ClN3O6S/c1-3-16-13-19(15-23(28)26(16)38(34,35)36)30-31-24-21-8-6-5-7-17(21)14-22(25(24)32)27(33)29-18-9-11-20(12-10-18)37-4-2/h5-15,32H,3-4H2,1-2H3,(H,29,33)(H,34,35,36). The predicted octanol–water partition coefficient (Wildman–Crippen LogP) is 7.07. The average molecular weight is 554 g/mol. The maximum atomic E-state index is 13.1. The third kappa shape index (κ3) is 5.77. The van der Waals surface area contributed by atoms with Crippen LogP contribution in [0, 0.1) is 0 Å². The first-order chi connectivity index (χ1) is 18.1. The number of halogens is 1. The predicted molar refractivity (Wildman–Crippen MR) is 146 cm³/mol. The van der Waals surface area contributed by atoms with Gasteiger partial charge in [-0.2, -0.15) is 13.5 Å². The minimum atomic E-state index is -4.54. The summed E-state index contributed by atoms with van der Waals surface area (Å²) in [5, 5.41) is 23.1. The molecule has 0 spiro atoms. The fraction of sp³-hybridized carbons (Fsp3) is 0.148. The van der Waals surface area contributed by atoms with Gasteiger partial charge in [-0.05, 0) is 66.8 Å². The number of anilines is 1. The molecule has 196 valence electrons. The summed E-state index contributed by atoms with van der Waals surface area (Å²) < 4.78 is 38.4. The van der Waals surface area contributed by atoms with Crippen LogP contribution in [-0.2, 0) is 16.5 Å². The van der Waals surface area contributed by atoms with Crippen molar-refractivity contribution < 1.29 is 27.6 Å². The van der Waals surface area contributed by atoms with Gasteiger partial charge in [-0.3, -0.25) is 9.35 Å². The summed E-state index contributed by atoms with van der Waals surface area (Å²) in [5.41, 5.74) is 1.00. The van der Waals surface area contributed by atoms with Crippen molar-refractivity contribution in [1.29, 1.82) is 0 Å². The number of fused-ring (bicyclic) bond motifs is 1. The first-order valence-corrected chi connectivity index (χ1v) is 13.4.